The molecule has 34 heavy (non-hydrogen) atoms. The van der Waals surface area contributed by atoms with Crippen LogP contribution in [-0.4, -0.2) is 32.7 Å². The molecule has 0 radical (unpaired) electrons. The highest BCUT2D eigenvalue weighted by atomic mass is 32.2. The van der Waals surface area contributed by atoms with Gasteiger partial charge in [0, 0.05) is 23.4 Å². The SMILES string of the molecule is O=C(CSc1nnc(NC(=O)c2ccc(-c3ccccc3)cc2)s1)Nc1cccc([N+](=O)[O-])c1. The summed E-state index contributed by atoms with van der Waals surface area (Å²) >= 11 is 2.30. The van der Waals surface area contributed by atoms with Crippen molar-refractivity contribution < 1.29 is 14.5 Å². The van der Waals surface area contributed by atoms with Crippen molar-refractivity contribution in [3.63, 3.8) is 0 Å². The molecule has 170 valence electrons. The van der Waals surface area contributed by atoms with E-state index in [1.807, 2.05) is 42.5 Å². The van der Waals surface area contributed by atoms with Gasteiger partial charge >= 0.3 is 0 Å². The number of nitrogens with one attached hydrogen (secondary N) is 2. The van der Waals surface area contributed by atoms with Crippen LogP contribution in [0.4, 0.5) is 16.5 Å². The number of amides is 2. The molecule has 0 aliphatic carbocycles. The Morgan fingerprint density at radius 2 is 1.65 bits per heavy atom. The Bertz CT molecular complexity index is 1330. The van der Waals surface area contributed by atoms with Gasteiger partial charge in [0.2, 0.25) is 11.0 Å². The summed E-state index contributed by atoms with van der Waals surface area (Å²) in [6.45, 7) is 0. The summed E-state index contributed by atoms with van der Waals surface area (Å²) in [4.78, 5) is 35.0. The fraction of sp³-hybridized carbons (Fsp3) is 0.0435. The first kappa shape index (κ1) is 23.1. The molecule has 1 heterocycles. The second-order valence-electron chi connectivity index (χ2n) is 6.91. The molecular weight excluding hydrogens is 474 g/mol. The average molecular weight is 492 g/mol. The fourth-order valence-electron chi connectivity index (χ4n) is 2.95. The Hall–Kier alpha value is -4.09. The first-order chi connectivity index (χ1) is 16.5. The standard InChI is InChI=1S/C23H17N5O4S2/c29-20(24-18-7-4-8-19(13-18)28(31)32)14-33-23-27-26-22(34-23)25-21(30)17-11-9-16(10-12-17)15-5-2-1-3-6-15/h1-13H,14H2,(H,24,29)(H,25,26,30). The predicted octanol–water partition coefficient (Wildman–Crippen LogP) is 5.10. The number of thioether (sulfide) groups is 1. The predicted molar refractivity (Wildman–Crippen MR) is 132 cm³/mol. The zero-order valence-electron chi connectivity index (χ0n) is 17.5. The van der Waals surface area contributed by atoms with Gasteiger partial charge in [-0.05, 0) is 29.3 Å². The maximum atomic E-state index is 12.5. The molecule has 11 heteroatoms. The molecule has 1 aromatic heterocycles. The van der Waals surface area contributed by atoms with Crippen molar-refractivity contribution in [1.82, 2.24) is 10.2 Å². The molecule has 0 saturated heterocycles. The Labute approximate surface area is 202 Å². The van der Waals surface area contributed by atoms with E-state index in [4.69, 9.17) is 0 Å². The van der Waals surface area contributed by atoms with Gasteiger partial charge in [0.05, 0.1) is 10.7 Å². The summed E-state index contributed by atoms with van der Waals surface area (Å²) in [6.07, 6.45) is 0. The second kappa shape index (κ2) is 10.7. The van der Waals surface area contributed by atoms with E-state index in [0.717, 1.165) is 34.2 Å². The summed E-state index contributed by atoms with van der Waals surface area (Å²) in [5, 5.41) is 24.4. The van der Waals surface area contributed by atoms with E-state index < -0.39 is 4.92 Å². The average Bonchev–Trinajstić information content (AvgIpc) is 3.31. The van der Waals surface area contributed by atoms with Gasteiger partial charge in [0.15, 0.2) is 4.34 Å². The van der Waals surface area contributed by atoms with Crippen LogP contribution in [0, 0.1) is 10.1 Å². The second-order valence-corrected chi connectivity index (χ2v) is 9.11. The zero-order chi connectivity index (χ0) is 23.9. The fourth-order valence-corrected chi connectivity index (χ4v) is 4.50. The lowest BCUT2D eigenvalue weighted by Crippen LogP contribution is -2.14. The number of nitro groups is 1. The summed E-state index contributed by atoms with van der Waals surface area (Å²) in [5.41, 5.74) is 2.79. The van der Waals surface area contributed by atoms with Gasteiger partial charge in [-0.1, -0.05) is 71.6 Å². The van der Waals surface area contributed by atoms with E-state index in [2.05, 4.69) is 20.8 Å². The van der Waals surface area contributed by atoms with Crippen molar-refractivity contribution in [3.8, 4) is 11.1 Å². The number of rotatable bonds is 8. The lowest BCUT2D eigenvalue weighted by atomic mass is 10.0. The summed E-state index contributed by atoms with van der Waals surface area (Å²) in [5.74, 6) is -0.618. The van der Waals surface area contributed by atoms with Gasteiger partial charge in [-0.15, -0.1) is 10.2 Å². The van der Waals surface area contributed by atoms with Crippen molar-refractivity contribution in [2.45, 2.75) is 4.34 Å². The van der Waals surface area contributed by atoms with Crippen LogP contribution in [0.1, 0.15) is 10.4 Å². The number of aromatic nitrogens is 2. The molecule has 0 fully saturated rings. The maximum absolute atomic E-state index is 12.5. The van der Waals surface area contributed by atoms with Crippen LogP contribution in [-0.2, 0) is 4.79 Å². The third-order valence-electron chi connectivity index (χ3n) is 4.55. The minimum atomic E-state index is -0.529. The monoisotopic (exact) mass is 491 g/mol. The van der Waals surface area contributed by atoms with Crippen LogP contribution in [0.3, 0.4) is 0 Å². The highest BCUT2D eigenvalue weighted by Crippen LogP contribution is 2.26. The quantitative estimate of drug-likeness (QED) is 0.152. The van der Waals surface area contributed by atoms with Gasteiger partial charge < -0.3 is 5.32 Å². The van der Waals surface area contributed by atoms with Gasteiger partial charge in [-0.2, -0.15) is 0 Å². The smallest absolute Gasteiger partial charge is 0.271 e. The van der Waals surface area contributed by atoms with E-state index >= 15 is 0 Å². The number of carbonyl (C=O) groups excluding carboxylic acids is 2. The highest BCUT2D eigenvalue weighted by Gasteiger charge is 2.13. The molecule has 0 bridgehead atoms. The molecule has 0 spiro atoms. The topological polar surface area (TPSA) is 127 Å². The molecule has 4 rings (SSSR count). The number of nitro benzene ring substituents is 1. The molecule has 3 aromatic carbocycles. The number of carbonyl (C=O) groups is 2. The maximum Gasteiger partial charge on any atom is 0.271 e. The number of non-ortho nitro benzene ring substituents is 1. The molecular formula is C23H17N5O4S2. The summed E-state index contributed by atoms with van der Waals surface area (Å²) in [6, 6.07) is 22.8. The highest BCUT2D eigenvalue weighted by molar-refractivity contribution is 8.01. The molecule has 0 atom stereocenters. The molecule has 2 amide bonds. The van der Waals surface area contributed by atoms with Crippen molar-refractivity contribution in [2.24, 2.45) is 0 Å². The van der Waals surface area contributed by atoms with Crippen molar-refractivity contribution in [1.29, 1.82) is 0 Å². The number of benzene rings is 3. The van der Waals surface area contributed by atoms with Gasteiger partial charge in [-0.3, -0.25) is 25.0 Å². The number of anilines is 2. The van der Waals surface area contributed by atoms with Crippen LogP contribution in [0.15, 0.2) is 83.2 Å². The molecule has 4 aromatic rings. The molecule has 0 saturated carbocycles. The minimum Gasteiger partial charge on any atom is -0.325 e. The molecule has 9 nitrogen and oxygen atoms in total. The molecule has 0 aliphatic rings. The Kier molecular flexibility index (Phi) is 7.25. The first-order valence-corrected chi connectivity index (χ1v) is 11.8. The van der Waals surface area contributed by atoms with Crippen molar-refractivity contribution in [3.05, 3.63) is 94.5 Å². The zero-order valence-corrected chi connectivity index (χ0v) is 19.1. The van der Waals surface area contributed by atoms with Gasteiger partial charge in [0.25, 0.3) is 11.6 Å². The number of hydrogen-bond acceptors (Lipinski definition) is 8. The van der Waals surface area contributed by atoms with E-state index in [0.29, 0.717) is 20.7 Å². The van der Waals surface area contributed by atoms with E-state index in [1.165, 1.54) is 18.2 Å². The third kappa shape index (κ3) is 6.03. The summed E-state index contributed by atoms with van der Waals surface area (Å²) in [7, 11) is 0. The summed E-state index contributed by atoms with van der Waals surface area (Å²) < 4.78 is 0.504. The first-order valence-electron chi connectivity index (χ1n) is 9.95. The van der Waals surface area contributed by atoms with E-state index in [1.54, 1.807) is 18.2 Å². The molecule has 0 aliphatic heterocycles. The lowest BCUT2D eigenvalue weighted by Gasteiger charge is -2.04. The molecule has 0 unspecified atom stereocenters. The largest absolute Gasteiger partial charge is 0.325 e. The Balaban J connectivity index is 1.29. The number of nitrogens with zero attached hydrogens (tertiary/aromatic N) is 3. The van der Waals surface area contributed by atoms with Gasteiger partial charge in [-0.25, -0.2) is 0 Å². The van der Waals surface area contributed by atoms with Crippen LogP contribution < -0.4 is 10.6 Å². The van der Waals surface area contributed by atoms with Crippen molar-refractivity contribution >= 4 is 51.4 Å². The van der Waals surface area contributed by atoms with Crippen LogP contribution in [0.5, 0.6) is 0 Å². The molecule has 2 N–H and O–H groups in total. The van der Waals surface area contributed by atoms with E-state index in [-0.39, 0.29) is 23.3 Å². The lowest BCUT2D eigenvalue weighted by molar-refractivity contribution is -0.384. The number of hydrogen-bond donors (Lipinski definition) is 2. The van der Waals surface area contributed by atoms with Crippen LogP contribution in [0.2, 0.25) is 0 Å². The van der Waals surface area contributed by atoms with Crippen LogP contribution in [0.25, 0.3) is 11.1 Å². The third-order valence-corrected chi connectivity index (χ3v) is 6.52. The van der Waals surface area contributed by atoms with Crippen LogP contribution >= 0.6 is 23.1 Å². The Morgan fingerprint density at radius 1 is 0.912 bits per heavy atom. The normalized spacial score (nSPS) is 10.5. The van der Waals surface area contributed by atoms with Gasteiger partial charge in [0.1, 0.15) is 0 Å². The van der Waals surface area contributed by atoms with Crippen molar-refractivity contribution in [2.75, 3.05) is 16.4 Å². The van der Waals surface area contributed by atoms with E-state index in [9.17, 15) is 19.7 Å². The Morgan fingerprint density at radius 3 is 2.38 bits per heavy atom. The minimum absolute atomic E-state index is 0.0339.